The first-order chi connectivity index (χ1) is 15.1. The summed E-state index contributed by atoms with van der Waals surface area (Å²) in [4.78, 5) is 17.5. The van der Waals surface area contributed by atoms with Crippen molar-refractivity contribution >= 4 is 21.5 Å². The van der Waals surface area contributed by atoms with Crippen LogP contribution in [0.1, 0.15) is 51.5 Å². The number of Topliss-reactive ketones (excluding diaryl/α,β-unsaturated/α-hetero) is 1. The van der Waals surface area contributed by atoms with Crippen molar-refractivity contribution in [1.29, 1.82) is 0 Å². The molecular weight excluding hydrogens is 422 g/mol. The van der Waals surface area contributed by atoms with Crippen LogP contribution in [-0.2, 0) is 14.8 Å². The van der Waals surface area contributed by atoms with E-state index in [4.69, 9.17) is 0 Å². The molecule has 2 saturated carbocycles. The van der Waals surface area contributed by atoms with Crippen LogP contribution >= 0.6 is 0 Å². The van der Waals surface area contributed by atoms with Gasteiger partial charge in [0, 0.05) is 50.2 Å². The van der Waals surface area contributed by atoms with Crippen molar-refractivity contribution in [3.8, 4) is 0 Å². The standard InChI is InChI=1S/C25H39N3O3S/c1-20-7-6-8-22(17-20)28-15-13-27(14-16-28)12-5-4-11-26-32(30,31)19-25-10-9-21(18-23(25)29)24(25,2)3/h6-8,17,21,26H,4-5,9-16,18-19H2,1-3H3. The van der Waals surface area contributed by atoms with Crippen LogP contribution in [0.5, 0.6) is 0 Å². The molecule has 0 spiro atoms. The third kappa shape index (κ3) is 4.62. The molecule has 7 heteroatoms. The Morgan fingerprint density at radius 2 is 1.88 bits per heavy atom. The molecule has 1 aliphatic heterocycles. The normalized spacial score (nSPS) is 27.9. The number of hydrogen-bond donors (Lipinski definition) is 1. The lowest BCUT2D eigenvalue weighted by molar-refractivity contribution is -0.128. The van der Waals surface area contributed by atoms with E-state index in [0.29, 0.717) is 18.9 Å². The minimum atomic E-state index is -3.45. The minimum Gasteiger partial charge on any atom is -0.369 e. The maximum Gasteiger partial charge on any atom is 0.212 e. The van der Waals surface area contributed by atoms with Gasteiger partial charge in [-0.25, -0.2) is 13.1 Å². The number of carbonyl (C=O) groups excluding carboxylic acids is 1. The average molecular weight is 462 g/mol. The van der Waals surface area contributed by atoms with Crippen LogP contribution in [-0.4, -0.2) is 64.1 Å². The van der Waals surface area contributed by atoms with Gasteiger partial charge >= 0.3 is 0 Å². The predicted molar refractivity (Wildman–Crippen MR) is 129 cm³/mol. The zero-order valence-corrected chi connectivity index (χ0v) is 20.7. The second-order valence-corrected chi connectivity index (χ2v) is 12.5. The summed E-state index contributed by atoms with van der Waals surface area (Å²) in [7, 11) is -3.45. The van der Waals surface area contributed by atoms with E-state index in [2.05, 4.69) is 59.6 Å². The zero-order chi connectivity index (χ0) is 23.0. The van der Waals surface area contributed by atoms with Gasteiger partial charge in [-0.1, -0.05) is 26.0 Å². The Balaban J connectivity index is 1.17. The van der Waals surface area contributed by atoms with Crippen LogP contribution in [0.15, 0.2) is 24.3 Å². The third-order valence-corrected chi connectivity index (χ3v) is 10.1. The second kappa shape index (κ2) is 9.07. The SMILES string of the molecule is Cc1cccc(N2CCN(CCCCNS(=O)(=O)CC34CCC(CC3=O)C4(C)C)CC2)c1. The highest BCUT2D eigenvalue weighted by Gasteiger charge is 2.65. The monoisotopic (exact) mass is 461 g/mol. The molecule has 1 heterocycles. The number of nitrogens with one attached hydrogen (secondary N) is 1. The number of sulfonamides is 1. The quantitative estimate of drug-likeness (QED) is 0.572. The lowest BCUT2D eigenvalue weighted by Crippen LogP contribution is -2.47. The van der Waals surface area contributed by atoms with E-state index in [1.54, 1.807) is 0 Å². The van der Waals surface area contributed by atoms with Gasteiger partial charge in [0.15, 0.2) is 0 Å². The number of ketones is 1. The lowest BCUT2D eigenvalue weighted by Gasteiger charge is -2.36. The highest BCUT2D eigenvalue weighted by atomic mass is 32.2. The van der Waals surface area contributed by atoms with E-state index < -0.39 is 15.4 Å². The van der Waals surface area contributed by atoms with Crippen LogP contribution in [0, 0.1) is 23.7 Å². The van der Waals surface area contributed by atoms with E-state index in [1.165, 1.54) is 11.3 Å². The van der Waals surface area contributed by atoms with Crippen molar-refractivity contribution in [3.05, 3.63) is 29.8 Å². The molecule has 3 fully saturated rings. The van der Waals surface area contributed by atoms with Crippen molar-refractivity contribution in [1.82, 2.24) is 9.62 Å². The Morgan fingerprint density at radius 1 is 1.12 bits per heavy atom. The summed E-state index contributed by atoms with van der Waals surface area (Å²) in [6.07, 6.45) is 4.05. The van der Waals surface area contributed by atoms with E-state index in [1.807, 2.05) is 0 Å². The Morgan fingerprint density at radius 3 is 2.50 bits per heavy atom. The maximum atomic E-state index is 12.8. The Bertz CT molecular complexity index is 938. The molecule has 2 aliphatic carbocycles. The predicted octanol–water partition coefficient (Wildman–Crippen LogP) is 3.21. The second-order valence-electron chi connectivity index (χ2n) is 10.7. The van der Waals surface area contributed by atoms with Gasteiger partial charge in [0.1, 0.15) is 5.78 Å². The van der Waals surface area contributed by atoms with Crippen molar-refractivity contribution in [3.63, 3.8) is 0 Å². The Labute approximate surface area is 193 Å². The summed E-state index contributed by atoms with van der Waals surface area (Å²) in [6, 6.07) is 8.67. The van der Waals surface area contributed by atoms with Crippen LogP contribution in [0.3, 0.4) is 0 Å². The first kappa shape index (κ1) is 23.7. The fraction of sp³-hybridized carbons (Fsp3) is 0.720. The molecule has 2 unspecified atom stereocenters. The Hall–Kier alpha value is -1.44. The van der Waals surface area contributed by atoms with Crippen LogP contribution < -0.4 is 9.62 Å². The minimum absolute atomic E-state index is 0.0384. The summed E-state index contributed by atoms with van der Waals surface area (Å²) in [5.41, 5.74) is 1.71. The van der Waals surface area contributed by atoms with E-state index >= 15 is 0 Å². The third-order valence-electron chi connectivity index (χ3n) is 8.54. The fourth-order valence-electron chi connectivity index (χ4n) is 6.23. The summed E-state index contributed by atoms with van der Waals surface area (Å²) in [5.74, 6) is 0.467. The van der Waals surface area contributed by atoms with E-state index in [0.717, 1.165) is 58.4 Å². The molecule has 1 aromatic carbocycles. The number of aryl methyl sites for hydroxylation is 1. The number of piperazine rings is 1. The van der Waals surface area contributed by atoms with E-state index in [-0.39, 0.29) is 17.0 Å². The Kier molecular flexibility index (Phi) is 6.72. The molecular formula is C25H39N3O3S. The van der Waals surface area contributed by atoms with Crippen molar-refractivity contribution in [2.45, 2.75) is 52.9 Å². The smallest absolute Gasteiger partial charge is 0.212 e. The molecule has 6 nitrogen and oxygen atoms in total. The molecule has 1 N–H and O–H groups in total. The topological polar surface area (TPSA) is 69.7 Å². The van der Waals surface area contributed by atoms with Gasteiger partial charge in [-0.15, -0.1) is 0 Å². The van der Waals surface area contributed by atoms with Crippen molar-refractivity contribution < 1.29 is 13.2 Å². The number of anilines is 1. The molecule has 32 heavy (non-hydrogen) atoms. The summed E-state index contributed by atoms with van der Waals surface area (Å²) < 4.78 is 28.4. The molecule has 2 atom stereocenters. The van der Waals surface area contributed by atoms with Crippen molar-refractivity contribution in [2.75, 3.05) is 49.9 Å². The number of rotatable bonds is 9. The lowest BCUT2D eigenvalue weighted by atomic mass is 9.70. The summed E-state index contributed by atoms with van der Waals surface area (Å²) >= 11 is 0. The maximum absolute atomic E-state index is 12.8. The number of nitrogens with zero attached hydrogens (tertiary/aromatic N) is 2. The molecule has 4 rings (SSSR count). The molecule has 178 valence electrons. The van der Waals surface area contributed by atoms with Crippen molar-refractivity contribution in [2.24, 2.45) is 16.7 Å². The van der Waals surface area contributed by atoms with Gasteiger partial charge in [0.05, 0.1) is 5.75 Å². The van der Waals surface area contributed by atoms with Crippen LogP contribution in [0.2, 0.25) is 0 Å². The van der Waals surface area contributed by atoms with Crippen LogP contribution in [0.4, 0.5) is 5.69 Å². The molecule has 3 aliphatic rings. The summed E-state index contributed by atoms with van der Waals surface area (Å²) in [6.45, 7) is 11.9. The van der Waals surface area contributed by atoms with Gasteiger partial charge in [0.2, 0.25) is 10.0 Å². The first-order valence-corrected chi connectivity index (χ1v) is 13.8. The molecule has 0 radical (unpaired) electrons. The molecule has 0 aromatic heterocycles. The first-order valence-electron chi connectivity index (χ1n) is 12.2. The molecule has 1 saturated heterocycles. The number of benzene rings is 1. The summed E-state index contributed by atoms with van der Waals surface area (Å²) in [5, 5.41) is 0. The highest BCUT2D eigenvalue weighted by Crippen LogP contribution is 2.64. The van der Waals surface area contributed by atoms with Gasteiger partial charge in [0.25, 0.3) is 0 Å². The van der Waals surface area contributed by atoms with E-state index in [9.17, 15) is 13.2 Å². The van der Waals surface area contributed by atoms with Gasteiger partial charge in [-0.2, -0.15) is 0 Å². The number of carbonyl (C=O) groups is 1. The number of fused-ring (bicyclic) bond motifs is 2. The van der Waals surface area contributed by atoms with Crippen LogP contribution in [0.25, 0.3) is 0 Å². The molecule has 0 amide bonds. The molecule has 2 bridgehead atoms. The number of unbranched alkanes of at least 4 members (excludes halogenated alkanes) is 1. The molecule has 1 aromatic rings. The highest BCUT2D eigenvalue weighted by molar-refractivity contribution is 7.89. The average Bonchev–Trinajstić information content (AvgIpc) is 3.08. The van der Waals surface area contributed by atoms with Gasteiger partial charge < -0.3 is 4.90 Å². The largest absolute Gasteiger partial charge is 0.369 e. The number of hydrogen-bond acceptors (Lipinski definition) is 5. The zero-order valence-electron chi connectivity index (χ0n) is 19.9. The fourth-order valence-corrected chi connectivity index (χ4v) is 8.11. The van der Waals surface area contributed by atoms with Gasteiger partial charge in [-0.05, 0) is 68.2 Å². The van der Waals surface area contributed by atoms with Gasteiger partial charge in [-0.3, -0.25) is 9.69 Å².